The van der Waals surface area contributed by atoms with E-state index in [2.05, 4.69) is 0 Å². The maximum absolute atomic E-state index is 13.4. The maximum Gasteiger partial charge on any atom is 0.423 e. The van der Waals surface area contributed by atoms with Crippen LogP contribution in [0.4, 0.5) is 37.7 Å². The average Bonchev–Trinajstić information content (AvgIpc) is 3.04. The Kier molecular flexibility index (Phi) is 11.0. The van der Waals surface area contributed by atoms with Crippen LogP contribution in [0.1, 0.15) is 57.1 Å². The van der Waals surface area contributed by atoms with Gasteiger partial charge in [0.15, 0.2) is 0 Å². The van der Waals surface area contributed by atoms with Crippen molar-refractivity contribution >= 4 is 23.2 Å². The van der Waals surface area contributed by atoms with Crippen molar-refractivity contribution in [3.05, 3.63) is 63.7 Å². The number of hydrogen-bond donors (Lipinski definition) is 0. The molecule has 1 aliphatic carbocycles. The van der Waals surface area contributed by atoms with Gasteiger partial charge in [-0.1, -0.05) is 19.9 Å². The molecule has 0 N–H and O–H groups in total. The first kappa shape index (κ1) is 35.8. The lowest BCUT2D eigenvalue weighted by Crippen LogP contribution is -2.51. The summed E-state index contributed by atoms with van der Waals surface area (Å²) in [6.45, 7) is 2.20. The van der Waals surface area contributed by atoms with Crippen molar-refractivity contribution in [2.75, 3.05) is 44.2 Å². The Morgan fingerprint density at radius 1 is 0.787 bits per heavy atom. The lowest BCUT2D eigenvalue weighted by atomic mass is 9.79. The minimum atomic E-state index is -4.92. The number of hydrogen-bond acceptors (Lipinski definition) is 6. The zero-order valence-electron chi connectivity index (χ0n) is 24.9. The van der Waals surface area contributed by atoms with E-state index in [-0.39, 0.29) is 36.8 Å². The van der Waals surface area contributed by atoms with Crippen LogP contribution in [-0.2, 0) is 21.9 Å². The maximum atomic E-state index is 13.4. The highest BCUT2D eigenvalue weighted by Gasteiger charge is 2.40. The molecule has 0 aromatic heterocycles. The van der Waals surface area contributed by atoms with E-state index in [4.69, 9.17) is 4.74 Å². The van der Waals surface area contributed by atoms with E-state index in [0.717, 1.165) is 24.3 Å². The molecule has 2 aromatic carbocycles. The van der Waals surface area contributed by atoms with Gasteiger partial charge >= 0.3 is 12.4 Å². The number of nitrogens with zero attached hydrogens (tertiary/aromatic N) is 4. The van der Waals surface area contributed by atoms with Crippen molar-refractivity contribution in [1.82, 2.24) is 9.80 Å². The smallest absolute Gasteiger partial charge is 0.423 e. The average molecular weight is 673 g/mol. The fourth-order valence-corrected chi connectivity index (χ4v) is 6.58. The SMILES string of the molecule is C.O=C([C@@H]1CCC[C@H](C(=O)N2CCC(Oc3ccc([N+](=O)[O-])c(C(F)(F)F)c3)CC2)C1)N1CCN(c2cccc(C(F)(F)F)c2)CC1. The zero-order valence-corrected chi connectivity index (χ0v) is 24.9. The number of likely N-dealkylation sites (tertiary alicyclic amines) is 1. The second kappa shape index (κ2) is 14.4. The summed E-state index contributed by atoms with van der Waals surface area (Å²) in [5.74, 6) is -0.911. The lowest BCUT2D eigenvalue weighted by molar-refractivity contribution is -0.388. The topological polar surface area (TPSA) is 96.2 Å². The summed E-state index contributed by atoms with van der Waals surface area (Å²) in [4.78, 5) is 42.0. The van der Waals surface area contributed by atoms with E-state index < -0.39 is 40.2 Å². The normalized spacial score (nSPS) is 21.2. The van der Waals surface area contributed by atoms with E-state index >= 15 is 0 Å². The number of nitro groups is 1. The molecule has 2 heterocycles. The van der Waals surface area contributed by atoms with Gasteiger partial charge in [-0.25, -0.2) is 0 Å². The van der Waals surface area contributed by atoms with Crippen LogP contribution in [0.5, 0.6) is 5.75 Å². The molecule has 0 radical (unpaired) electrons. The molecule has 3 aliphatic rings. The molecule has 258 valence electrons. The third-order valence-electron chi connectivity index (χ3n) is 9.03. The number of halogens is 6. The molecule has 2 saturated heterocycles. The zero-order chi connectivity index (χ0) is 33.2. The number of nitro benzene ring substituents is 1. The molecule has 2 atom stereocenters. The largest absolute Gasteiger partial charge is 0.490 e. The second-order valence-corrected chi connectivity index (χ2v) is 12.0. The van der Waals surface area contributed by atoms with Crippen molar-refractivity contribution in [3.8, 4) is 5.75 Å². The van der Waals surface area contributed by atoms with Crippen LogP contribution in [0.3, 0.4) is 0 Å². The predicted molar refractivity (Wildman–Crippen MR) is 161 cm³/mol. The summed E-state index contributed by atoms with van der Waals surface area (Å²) in [5, 5.41) is 11.0. The van der Waals surface area contributed by atoms with Crippen LogP contribution in [0.15, 0.2) is 42.5 Å². The number of anilines is 1. The Morgan fingerprint density at radius 3 is 1.94 bits per heavy atom. The number of carbonyl (C=O) groups is 2. The number of piperazine rings is 1. The third-order valence-corrected chi connectivity index (χ3v) is 9.03. The molecule has 5 rings (SSSR count). The molecule has 1 saturated carbocycles. The molecule has 2 aromatic rings. The van der Waals surface area contributed by atoms with Crippen molar-refractivity contribution in [1.29, 1.82) is 0 Å². The Morgan fingerprint density at radius 2 is 1.38 bits per heavy atom. The molecule has 3 fully saturated rings. The first-order valence-electron chi connectivity index (χ1n) is 15.2. The van der Waals surface area contributed by atoms with Gasteiger partial charge in [0, 0.05) is 75.7 Å². The van der Waals surface area contributed by atoms with Gasteiger partial charge in [0.25, 0.3) is 5.69 Å². The van der Waals surface area contributed by atoms with Crippen LogP contribution in [0.25, 0.3) is 0 Å². The summed E-state index contributed by atoms with van der Waals surface area (Å²) in [6.07, 6.45) is -6.67. The fourth-order valence-electron chi connectivity index (χ4n) is 6.58. The Bertz CT molecular complexity index is 1440. The van der Waals surface area contributed by atoms with Gasteiger partial charge in [0.2, 0.25) is 11.8 Å². The van der Waals surface area contributed by atoms with Crippen molar-refractivity contribution < 1.29 is 45.6 Å². The van der Waals surface area contributed by atoms with E-state index in [0.29, 0.717) is 89.5 Å². The number of carbonyl (C=O) groups excluding carboxylic acids is 2. The quantitative estimate of drug-likeness (QED) is 0.191. The van der Waals surface area contributed by atoms with Gasteiger partial charge < -0.3 is 19.4 Å². The Hall–Kier alpha value is -4.04. The highest BCUT2D eigenvalue weighted by molar-refractivity contribution is 5.83. The first-order valence-corrected chi connectivity index (χ1v) is 15.2. The van der Waals surface area contributed by atoms with Crippen LogP contribution < -0.4 is 9.64 Å². The number of benzene rings is 2. The van der Waals surface area contributed by atoms with Crippen molar-refractivity contribution in [3.63, 3.8) is 0 Å². The van der Waals surface area contributed by atoms with E-state index in [1.807, 2.05) is 4.90 Å². The number of rotatable bonds is 6. The summed E-state index contributed by atoms with van der Waals surface area (Å²) in [7, 11) is 0. The van der Waals surface area contributed by atoms with Gasteiger partial charge in [-0.15, -0.1) is 0 Å². The minimum Gasteiger partial charge on any atom is -0.490 e. The Balaban J connectivity index is 0.00000500. The number of alkyl halides is 6. The molecular formula is C32H38F6N4O5. The standard InChI is InChI=1S/C31H34F6N4O5.CH4/c32-30(33,34)22-5-2-6-23(18-22)38-13-15-40(16-14-38)29(43)21-4-1-3-20(17-21)28(42)39-11-9-24(10-12-39)46-25-7-8-27(41(44)45)26(19-25)31(35,36)37;/h2,5-8,18-21,24H,1,3-4,9-17H2;1H4/t20-,21+;/m0./s1. The number of ether oxygens (including phenoxy) is 1. The molecule has 0 unspecified atom stereocenters. The summed E-state index contributed by atoms with van der Waals surface area (Å²) in [5.41, 5.74) is -2.70. The summed E-state index contributed by atoms with van der Waals surface area (Å²) in [6, 6.07) is 7.67. The number of piperidine rings is 1. The van der Waals surface area contributed by atoms with Crippen molar-refractivity contribution in [2.45, 2.75) is 64.4 Å². The number of amides is 2. The lowest BCUT2D eigenvalue weighted by Gasteiger charge is -2.40. The van der Waals surface area contributed by atoms with Crippen LogP contribution in [0, 0.1) is 22.0 Å². The van der Waals surface area contributed by atoms with E-state index in [1.54, 1.807) is 15.9 Å². The minimum absolute atomic E-state index is 0. The molecule has 47 heavy (non-hydrogen) atoms. The highest BCUT2D eigenvalue weighted by Crippen LogP contribution is 2.39. The van der Waals surface area contributed by atoms with E-state index in [9.17, 15) is 46.0 Å². The van der Waals surface area contributed by atoms with Gasteiger partial charge in [0.05, 0.1) is 10.5 Å². The Labute approximate surface area is 268 Å². The molecule has 0 bridgehead atoms. The molecule has 15 heteroatoms. The predicted octanol–water partition coefficient (Wildman–Crippen LogP) is 6.79. The molecule has 0 spiro atoms. The third kappa shape index (κ3) is 8.47. The van der Waals surface area contributed by atoms with Gasteiger partial charge in [0.1, 0.15) is 17.4 Å². The molecule has 2 aliphatic heterocycles. The van der Waals surface area contributed by atoms with Crippen LogP contribution in [-0.4, -0.2) is 71.9 Å². The first-order chi connectivity index (χ1) is 21.7. The summed E-state index contributed by atoms with van der Waals surface area (Å²) >= 11 is 0. The summed E-state index contributed by atoms with van der Waals surface area (Å²) < 4.78 is 85.1. The molecule has 2 amide bonds. The van der Waals surface area contributed by atoms with E-state index in [1.165, 1.54) is 6.07 Å². The highest BCUT2D eigenvalue weighted by atomic mass is 19.4. The fraction of sp³-hybridized carbons (Fsp3) is 0.562. The molecular weight excluding hydrogens is 634 g/mol. The second-order valence-electron chi connectivity index (χ2n) is 12.0. The monoisotopic (exact) mass is 672 g/mol. The van der Waals surface area contributed by atoms with Gasteiger partial charge in [-0.05, 0) is 49.6 Å². The van der Waals surface area contributed by atoms with Gasteiger partial charge in [-0.3, -0.25) is 19.7 Å². The van der Waals surface area contributed by atoms with Gasteiger partial charge in [-0.2, -0.15) is 26.3 Å². The van der Waals surface area contributed by atoms with Crippen molar-refractivity contribution in [2.24, 2.45) is 11.8 Å². The van der Waals surface area contributed by atoms with Crippen LogP contribution >= 0.6 is 0 Å². The molecule has 9 nitrogen and oxygen atoms in total. The van der Waals surface area contributed by atoms with Crippen LogP contribution in [0.2, 0.25) is 0 Å².